The largest absolute Gasteiger partial charge is 0.451 e. The molecule has 1 N–H and O–H groups in total. The minimum absolute atomic E-state index is 0.156. The van der Waals surface area contributed by atoms with Crippen LogP contribution in [0, 0.1) is 18.3 Å². The minimum atomic E-state index is -1.29. The van der Waals surface area contributed by atoms with Gasteiger partial charge in [0.2, 0.25) is 0 Å². The average molecular weight is 400 g/mol. The van der Waals surface area contributed by atoms with Crippen molar-refractivity contribution in [2.45, 2.75) is 38.8 Å². The van der Waals surface area contributed by atoms with Crippen LogP contribution in [0.25, 0.3) is 0 Å². The Kier molecular flexibility index (Phi) is 6.59. The number of rotatable bonds is 7. The molecule has 2 atom stereocenters. The first kappa shape index (κ1) is 21.9. The maximum absolute atomic E-state index is 12.8. The molecule has 0 radical (unpaired) electrons. The summed E-state index contributed by atoms with van der Waals surface area (Å²) in [5.74, 6) is -1.93. The molecule has 0 spiro atoms. The number of aryl methyl sites for hydroxylation is 1. The highest BCUT2D eigenvalue weighted by Gasteiger charge is 2.49. The van der Waals surface area contributed by atoms with Crippen molar-refractivity contribution in [2.75, 3.05) is 20.1 Å². The summed E-state index contributed by atoms with van der Waals surface area (Å²) < 4.78 is 5.07. The number of likely N-dealkylation sites (N-methyl/N-ethyl adjacent to an activating group) is 1. The molecule has 1 aromatic carbocycles. The van der Waals surface area contributed by atoms with Crippen molar-refractivity contribution in [1.82, 2.24) is 15.1 Å². The summed E-state index contributed by atoms with van der Waals surface area (Å²) >= 11 is 0. The summed E-state index contributed by atoms with van der Waals surface area (Å²) in [4.78, 5) is 51.6. The van der Waals surface area contributed by atoms with Gasteiger partial charge >= 0.3 is 12.0 Å². The molecule has 1 saturated heterocycles. The predicted molar refractivity (Wildman–Crippen MR) is 102 cm³/mol. The minimum Gasteiger partial charge on any atom is -0.451 e. The number of esters is 1. The molecule has 1 aliphatic rings. The van der Waals surface area contributed by atoms with Crippen LogP contribution in [0.1, 0.15) is 31.4 Å². The second-order valence-electron chi connectivity index (χ2n) is 7.11. The van der Waals surface area contributed by atoms with E-state index in [0.29, 0.717) is 5.56 Å². The number of carbonyl (C=O) groups is 4. The van der Waals surface area contributed by atoms with Crippen molar-refractivity contribution in [3.63, 3.8) is 0 Å². The quantitative estimate of drug-likeness (QED) is 0.540. The lowest BCUT2D eigenvalue weighted by molar-refractivity contribution is -0.159. The highest BCUT2D eigenvalue weighted by Crippen LogP contribution is 2.28. The van der Waals surface area contributed by atoms with Crippen LogP contribution in [-0.4, -0.2) is 59.9 Å². The zero-order chi connectivity index (χ0) is 21.8. The highest BCUT2D eigenvalue weighted by molar-refractivity contribution is 6.08. The molecule has 2 rings (SSSR count). The Morgan fingerprint density at radius 3 is 2.52 bits per heavy atom. The number of hydrogen-bond donors (Lipinski definition) is 1. The SMILES string of the molecule is Cc1ccc([C@@]2(C)NC(=O)N(CC(=O)O[C@@H](C)C(=O)N(C)CCC#N)C2=O)cc1. The van der Waals surface area contributed by atoms with E-state index in [-0.39, 0.29) is 13.0 Å². The van der Waals surface area contributed by atoms with Crippen molar-refractivity contribution < 1.29 is 23.9 Å². The van der Waals surface area contributed by atoms with Gasteiger partial charge in [0.15, 0.2) is 6.10 Å². The molecule has 1 fully saturated rings. The fourth-order valence-corrected chi connectivity index (χ4v) is 2.98. The predicted octanol–water partition coefficient (Wildman–Crippen LogP) is 1.07. The number of nitrogens with one attached hydrogen (secondary N) is 1. The van der Waals surface area contributed by atoms with E-state index in [1.54, 1.807) is 19.1 Å². The number of carbonyl (C=O) groups excluding carboxylic acids is 4. The maximum Gasteiger partial charge on any atom is 0.327 e. The molecular weight excluding hydrogens is 376 g/mol. The number of amides is 4. The molecule has 0 aliphatic carbocycles. The van der Waals surface area contributed by atoms with E-state index in [0.717, 1.165) is 10.5 Å². The van der Waals surface area contributed by atoms with Crippen LogP contribution in [0.4, 0.5) is 4.79 Å². The second kappa shape index (κ2) is 8.73. The number of nitriles is 1. The lowest BCUT2D eigenvalue weighted by Gasteiger charge is -2.23. The van der Waals surface area contributed by atoms with E-state index in [9.17, 15) is 19.2 Å². The van der Waals surface area contributed by atoms with Gasteiger partial charge in [-0.15, -0.1) is 0 Å². The van der Waals surface area contributed by atoms with E-state index in [4.69, 9.17) is 10.00 Å². The molecule has 1 heterocycles. The summed E-state index contributed by atoms with van der Waals surface area (Å²) in [6.45, 7) is 4.47. The Morgan fingerprint density at radius 2 is 1.93 bits per heavy atom. The van der Waals surface area contributed by atoms with Gasteiger partial charge in [0.1, 0.15) is 12.1 Å². The van der Waals surface area contributed by atoms with Gasteiger partial charge < -0.3 is 15.0 Å². The molecular formula is C20H24N4O5. The Bertz CT molecular complexity index is 861. The first-order valence-corrected chi connectivity index (χ1v) is 9.12. The Balaban J connectivity index is 2.02. The number of nitrogens with zero attached hydrogens (tertiary/aromatic N) is 3. The number of imide groups is 1. The normalized spacial score (nSPS) is 19.3. The van der Waals surface area contributed by atoms with Gasteiger partial charge in [0, 0.05) is 13.6 Å². The van der Waals surface area contributed by atoms with Gasteiger partial charge in [-0.05, 0) is 26.3 Å². The Labute approximate surface area is 169 Å². The van der Waals surface area contributed by atoms with Gasteiger partial charge in [0.25, 0.3) is 11.8 Å². The number of hydrogen-bond acceptors (Lipinski definition) is 6. The maximum atomic E-state index is 12.8. The molecule has 0 unspecified atom stereocenters. The molecule has 9 heteroatoms. The topological polar surface area (TPSA) is 120 Å². The molecule has 0 aromatic heterocycles. The number of benzene rings is 1. The third kappa shape index (κ3) is 4.71. The third-order valence-electron chi connectivity index (χ3n) is 4.78. The monoisotopic (exact) mass is 400 g/mol. The van der Waals surface area contributed by atoms with Crippen LogP contribution >= 0.6 is 0 Å². The van der Waals surface area contributed by atoms with Gasteiger partial charge in [-0.25, -0.2) is 4.79 Å². The van der Waals surface area contributed by atoms with Crippen LogP contribution in [0.15, 0.2) is 24.3 Å². The fourth-order valence-electron chi connectivity index (χ4n) is 2.98. The van der Waals surface area contributed by atoms with E-state index in [1.165, 1.54) is 18.9 Å². The lowest BCUT2D eigenvalue weighted by atomic mass is 9.91. The van der Waals surface area contributed by atoms with Gasteiger partial charge in [-0.1, -0.05) is 29.8 Å². The highest BCUT2D eigenvalue weighted by atomic mass is 16.5. The van der Waals surface area contributed by atoms with Gasteiger partial charge in [-0.3, -0.25) is 19.3 Å². The van der Waals surface area contributed by atoms with Crippen LogP contribution in [0.3, 0.4) is 0 Å². The van der Waals surface area contributed by atoms with Crippen molar-refractivity contribution in [3.8, 4) is 6.07 Å². The Hall–Kier alpha value is -3.41. The molecule has 154 valence electrons. The standard InChI is InChI=1S/C20H24N4O5/c1-13-6-8-15(9-7-13)20(3)18(27)24(19(28)22-20)12-16(25)29-14(2)17(26)23(4)11-5-10-21/h6-9,14H,5,11-12H2,1-4H3,(H,22,28)/t14-,20+/m0/s1. The summed E-state index contributed by atoms with van der Waals surface area (Å²) in [5, 5.41) is 11.2. The van der Waals surface area contributed by atoms with Crippen molar-refractivity contribution >= 4 is 23.8 Å². The first-order valence-electron chi connectivity index (χ1n) is 9.12. The first-order chi connectivity index (χ1) is 13.6. The summed E-state index contributed by atoms with van der Waals surface area (Å²) in [6.07, 6.45) is -0.946. The number of ether oxygens (including phenoxy) is 1. The smallest absolute Gasteiger partial charge is 0.327 e. The second-order valence-corrected chi connectivity index (χ2v) is 7.11. The number of urea groups is 1. The lowest BCUT2D eigenvalue weighted by Crippen LogP contribution is -2.43. The molecule has 1 aromatic rings. The summed E-state index contributed by atoms with van der Waals surface area (Å²) in [7, 11) is 1.49. The van der Waals surface area contributed by atoms with Crippen molar-refractivity contribution in [1.29, 1.82) is 5.26 Å². The van der Waals surface area contributed by atoms with E-state index >= 15 is 0 Å². The van der Waals surface area contributed by atoms with E-state index in [1.807, 2.05) is 25.1 Å². The van der Waals surface area contributed by atoms with E-state index < -0.39 is 42.0 Å². The third-order valence-corrected chi connectivity index (χ3v) is 4.78. The summed E-state index contributed by atoms with van der Waals surface area (Å²) in [5.41, 5.74) is 0.317. The fraction of sp³-hybridized carbons (Fsp3) is 0.450. The van der Waals surface area contributed by atoms with Crippen molar-refractivity contribution in [3.05, 3.63) is 35.4 Å². The Morgan fingerprint density at radius 1 is 1.31 bits per heavy atom. The van der Waals surface area contributed by atoms with Crippen molar-refractivity contribution in [2.24, 2.45) is 0 Å². The summed E-state index contributed by atoms with van der Waals surface area (Å²) in [6, 6.07) is 8.36. The van der Waals surface area contributed by atoms with Crippen LogP contribution < -0.4 is 5.32 Å². The molecule has 4 amide bonds. The molecule has 1 aliphatic heterocycles. The zero-order valence-corrected chi connectivity index (χ0v) is 16.9. The van der Waals surface area contributed by atoms with E-state index in [2.05, 4.69) is 5.32 Å². The molecule has 0 saturated carbocycles. The van der Waals surface area contributed by atoms with Crippen LogP contribution in [0.5, 0.6) is 0 Å². The average Bonchev–Trinajstić information content (AvgIpc) is 2.89. The van der Waals surface area contributed by atoms with Gasteiger partial charge in [0.05, 0.1) is 12.5 Å². The van der Waals surface area contributed by atoms with Gasteiger partial charge in [-0.2, -0.15) is 5.26 Å². The molecule has 9 nitrogen and oxygen atoms in total. The van der Waals surface area contributed by atoms with Crippen LogP contribution in [-0.2, 0) is 24.7 Å². The van der Waals surface area contributed by atoms with Crippen LogP contribution in [0.2, 0.25) is 0 Å². The zero-order valence-electron chi connectivity index (χ0n) is 16.9. The molecule has 29 heavy (non-hydrogen) atoms. The molecule has 0 bridgehead atoms.